The van der Waals surface area contributed by atoms with E-state index in [4.69, 9.17) is 35.3 Å². The summed E-state index contributed by atoms with van der Waals surface area (Å²) in [6, 6.07) is 7.36. The lowest BCUT2D eigenvalue weighted by Crippen LogP contribution is -2.67. The van der Waals surface area contributed by atoms with E-state index in [9.17, 15) is 34.7 Å². The van der Waals surface area contributed by atoms with E-state index < -0.39 is 66.8 Å². The Morgan fingerprint density at radius 1 is 1.07 bits per heavy atom. The molecule has 9 atom stereocenters. The summed E-state index contributed by atoms with van der Waals surface area (Å²) in [6.45, 7) is 3.22. The molecule has 6 N–H and O–H groups in total. The van der Waals surface area contributed by atoms with E-state index >= 15 is 0 Å². The van der Waals surface area contributed by atoms with Crippen molar-refractivity contribution in [3.05, 3.63) is 70.0 Å². The number of benzene rings is 2. The number of halogens is 2. The fourth-order valence-corrected chi connectivity index (χ4v) is 5.59. The Hall–Kier alpha value is -3.27. The molecule has 0 spiro atoms. The van der Waals surface area contributed by atoms with Gasteiger partial charge in [0.1, 0.15) is 61.6 Å². The van der Waals surface area contributed by atoms with Crippen LogP contribution in [0.3, 0.4) is 0 Å². The average molecular weight is 652 g/mol. The van der Waals surface area contributed by atoms with E-state index in [1.54, 1.807) is 25.1 Å². The zero-order chi connectivity index (χ0) is 32.4. The Morgan fingerprint density at radius 3 is 2.51 bits per heavy atom. The predicted octanol–water partition coefficient (Wildman–Crippen LogP) is 1.79. The predicted molar refractivity (Wildman–Crippen MR) is 157 cm³/mol. The van der Waals surface area contributed by atoms with Gasteiger partial charge in [-0.1, -0.05) is 17.7 Å². The maximum atomic E-state index is 13.6. The van der Waals surface area contributed by atoms with E-state index in [1.807, 2.05) is 0 Å². The number of phenols is 1. The summed E-state index contributed by atoms with van der Waals surface area (Å²) in [4.78, 5) is 12.9. The molecule has 45 heavy (non-hydrogen) atoms. The lowest BCUT2D eigenvalue weighted by Gasteiger charge is -2.41. The van der Waals surface area contributed by atoms with E-state index in [2.05, 4.69) is 5.32 Å². The van der Waals surface area contributed by atoms with Crippen LogP contribution in [0, 0.1) is 5.82 Å². The Morgan fingerprint density at radius 2 is 1.80 bits per heavy atom. The molecule has 2 saturated heterocycles. The van der Waals surface area contributed by atoms with Gasteiger partial charge in [0.15, 0.2) is 11.5 Å². The lowest BCUT2D eigenvalue weighted by atomic mass is 9.83. The molecule has 5 rings (SSSR count). The highest BCUT2D eigenvalue weighted by molar-refractivity contribution is 6.30. The first-order valence-electron chi connectivity index (χ1n) is 14.3. The number of phenolic OH excluding ortho intramolecular Hbond substituents is 1. The van der Waals surface area contributed by atoms with Gasteiger partial charge < -0.3 is 54.5 Å². The molecule has 0 unspecified atom stereocenters. The fraction of sp³-hybridized carbons (Fsp3) is 0.452. The minimum Gasteiger partial charge on any atom is -0.504 e. The van der Waals surface area contributed by atoms with Crippen LogP contribution in [0.5, 0.6) is 17.2 Å². The van der Waals surface area contributed by atoms with Gasteiger partial charge in [0.25, 0.3) is 0 Å². The van der Waals surface area contributed by atoms with Crippen molar-refractivity contribution < 1.29 is 58.4 Å². The van der Waals surface area contributed by atoms with Gasteiger partial charge in [-0.25, -0.2) is 4.39 Å². The number of aliphatic hydroxyl groups excluding tert-OH is 4. The van der Waals surface area contributed by atoms with E-state index in [-0.39, 0.29) is 41.9 Å². The molecule has 14 heteroatoms. The molecule has 0 radical (unpaired) electrons. The van der Waals surface area contributed by atoms with Crippen LogP contribution in [0.4, 0.5) is 4.39 Å². The number of carbonyl (C=O) groups excluding carboxylic acids is 1. The van der Waals surface area contributed by atoms with Gasteiger partial charge in [-0.05, 0) is 61.4 Å². The molecule has 12 nitrogen and oxygen atoms in total. The van der Waals surface area contributed by atoms with Gasteiger partial charge in [0.05, 0.1) is 17.2 Å². The summed E-state index contributed by atoms with van der Waals surface area (Å²) >= 11 is 5.68. The third-order valence-corrected chi connectivity index (χ3v) is 8.27. The maximum absolute atomic E-state index is 13.6. The Balaban J connectivity index is 1.15. The van der Waals surface area contributed by atoms with Crippen LogP contribution in [0.1, 0.15) is 25.8 Å². The Bertz CT molecular complexity index is 1450. The van der Waals surface area contributed by atoms with E-state index in [0.29, 0.717) is 16.9 Å². The lowest BCUT2D eigenvalue weighted by molar-refractivity contribution is -0.155. The van der Waals surface area contributed by atoms with Crippen LogP contribution < -0.4 is 14.8 Å². The fourth-order valence-electron chi connectivity index (χ4n) is 5.47. The SMILES string of the molecule is CC(=Cc1ccc(O[C@H]2C[C@H](O)[C@@H](C(C)=CCOc3ccc(Cl)c(F)c3)O2)c(O)c1)C(=O)N[C@@H]1[C@H](O)[C@@H](O)[C@H]2OCO[C@H]2[C@@H]1O. The molecule has 3 aliphatic rings. The Labute approximate surface area is 263 Å². The van der Waals surface area contributed by atoms with Gasteiger partial charge in [-0.2, -0.15) is 0 Å². The molecule has 0 bridgehead atoms. The van der Waals surface area contributed by atoms with Gasteiger partial charge >= 0.3 is 0 Å². The number of amides is 1. The average Bonchev–Trinajstić information content (AvgIpc) is 3.64. The normalized spacial score (nSPS) is 31.9. The molecule has 2 heterocycles. The monoisotopic (exact) mass is 651 g/mol. The van der Waals surface area contributed by atoms with Gasteiger partial charge in [0, 0.05) is 18.1 Å². The second-order valence-electron chi connectivity index (χ2n) is 11.1. The van der Waals surface area contributed by atoms with Crippen molar-refractivity contribution in [2.45, 2.75) is 75.3 Å². The van der Waals surface area contributed by atoms with Gasteiger partial charge in [-0.3, -0.25) is 4.79 Å². The van der Waals surface area contributed by atoms with Crippen molar-refractivity contribution >= 4 is 23.6 Å². The summed E-state index contributed by atoms with van der Waals surface area (Å²) in [6.07, 6.45) is -5.07. The number of aromatic hydroxyl groups is 1. The van der Waals surface area contributed by atoms with Crippen LogP contribution in [0.25, 0.3) is 6.08 Å². The van der Waals surface area contributed by atoms with Crippen LogP contribution >= 0.6 is 11.6 Å². The van der Waals surface area contributed by atoms with Crippen LogP contribution in [-0.2, 0) is 19.0 Å². The Kier molecular flexibility index (Phi) is 10.3. The molecular weight excluding hydrogens is 617 g/mol. The standard InChI is InChI=1S/C31H35ClFNO11/c1-14(7-8-41-17-4-5-18(32)19(33)11-17)28-21(36)12-23(45-28)44-22-6-3-16(10-20(22)35)9-15(2)31(40)34-24-25(37)27(39)30-29(26(24)38)42-13-43-30/h3-7,9-11,21,23-30,35-39H,8,12-13H2,1-2H3,(H,34,40)/t21-,23+,24+,25-,26+,27+,28+,29-,30+/m0/s1. The third-order valence-electron chi connectivity index (χ3n) is 7.96. The van der Waals surface area contributed by atoms with Crippen LogP contribution in [0.15, 0.2) is 53.6 Å². The molecule has 3 fully saturated rings. The maximum Gasteiger partial charge on any atom is 0.247 e. The molecule has 0 aromatic heterocycles. The highest BCUT2D eigenvalue weighted by atomic mass is 35.5. The van der Waals surface area contributed by atoms with Crippen molar-refractivity contribution in [1.82, 2.24) is 5.32 Å². The number of nitrogens with one attached hydrogen (secondary N) is 1. The topological polar surface area (TPSA) is 176 Å². The largest absolute Gasteiger partial charge is 0.504 e. The van der Waals surface area contributed by atoms with Gasteiger partial charge in [0.2, 0.25) is 12.2 Å². The first-order chi connectivity index (χ1) is 21.4. The van der Waals surface area contributed by atoms with Gasteiger partial charge in [-0.15, -0.1) is 0 Å². The number of carbonyl (C=O) groups is 1. The van der Waals surface area contributed by atoms with Crippen molar-refractivity contribution in [3.8, 4) is 17.2 Å². The molecule has 2 aliphatic heterocycles. The number of hydrogen-bond donors (Lipinski definition) is 6. The first-order valence-corrected chi connectivity index (χ1v) is 14.6. The minimum atomic E-state index is -1.48. The summed E-state index contributed by atoms with van der Waals surface area (Å²) in [5.41, 5.74) is 1.32. The van der Waals surface area contributed by atoms with Crippen LogP contribution in [-0.4, -0.2) is 99.9 Å². The molecular formula is C31H35ClFNO11. The summed E-state index contributed by atoms with van der Waals surface area (Å²) < 4.78 is 41.3. The first kappa shape index (κ1) is 33.1. The number of aliphatic hydroxyl groups is 4. The number of fused-ring (bicyclic) bond motifs is 1. The van der Waals surface area contributed by atoms with Crippen molar-refractivity contribution in [2.24, 2.45) is 0 Å². The molecule has 1 amide bonds. The quantitative estimate of drug-likeness (QED) is 0.172. The second-order valence-corrected chi connectivity index (χ2v) is 11.6. The van der Waals surface area contributed by atoms with Crippen molar-refractivity contribution in [2.75, 3.05) is 13.4 Å². The van der Waals surface area contributed by atoms with Crippen molar-refractivity contribution in [1.29, 1.82) is 0 Å². The summed E-state index contributed by atoms with van der Waals surface area (Å²) in [5, 5.41) is 55.0. The minimum absolute atomic E-state index is 0.00767. The summed E-state index contributed by atoms with van der Waals surface area (Å²) in [7, 11) is 0. The number of rotatable bonds is 9. The summed E-state index contributed by atoms with van der Waals surface area (Å²) in [5.74, 6) is -1.05. The van der Waals surface area contributed by atoms with Crippen LogP contribution in [0.2, 0.25) is 5.02 Å². The number of ether oxygens (including phenoxy) is 5. The zero-order valence-corrected chi connectivity index (χ0v) is 25.1. The highest BCUT2D eigenvalue weighted by Gasteiger charge is 2.53. The smallest absolute Gasteiger partial charge is 0.247 e. The third kappa shape index (κ3) is 7.42. The van der Waals surface area contributed by atoms with Crippen molar-refractivity contribution in [3.63, 3.8) is 0 Å². The molecule has 1 aliphatic carbocycles. The number of hydrogen-bond acceptors (Lipinski definition) is 11. The zero-order valence-electron chi connectivity index (χ0n) is 24.4. The van der Waals surface area contributed by atoms with E-state index in [0.717, 1.165) is 0 Å². The second kappa shape index (κ2) is 14.0. The van der Waals surface area contributed by atoms with E-state index in [1.165, 1.54) is 37.3 Å². The molecule has 2 aromatic carbocycles. The molecule has 244 valence electrons. The highest BCUT2D eigenvalue weighted by Crippen LogP contribution is 2.34. The molecule has 1 saturated carbocycles. The molecule has 2 aromatic rings.